The Morgan fingerprint density at radius 3 is 2.32 bits per heavy atom. The van der Waals surface area contributed by atoms with Crippen LogP contribution in [0, 0.1) is 5.92 Å². The van der Waals surface area contributed by atoms with Gasteiger partial charge in [0.25, 0.3) is 0 Å². The van der Waals surface area contributed by atoms with Gasteiger partial charge < -0.3 is 15.1 Å². The minimum absolute atomic E-state index is 0.0146. The quantitative estimate of drug-likeness (QED) is 0.446. The van der Waals surface area contributed by atoms with Gasteiger partial charge in [0.05, 0.1) is 0 Å². The largest absolute Gasteiger partial charge is 0.385 e. The Morgan fingerprint density at radius 2 is 1.71 bits per heavy atom. The molecular formula is C26H33N3O2. The van der Waals surface area contributed by atoms with Crippen LogP contribution in [0.25, 0.3) is 0 Å². The minimum Gasteiger partial charge on any atom is -0.385 e. The lowest BCUT2D eigenvalue weighted by Gasteiger charge is -2.34. The fraction of sp³-hybridized carbons (Fsp3) is 0.423. The molecule has 1 fully saturated rings. The monoisotopic (exact) mass is 419 g/mol. The van der Waals surface area contributed by atoms with Crippen molar-refractivity contribution in [1.29, 1.82) is 0 Å². The number of hydrogen-bond acceptors (Lipinski definition) is 4. The summed E-state index contributed by atoms with van der Waals surface area (Å²) in [6.45, 7) is 4.84. The normalized spacial score (nSPS) is 14.0. The lowest BCUT2D eigenvalue weighted by atomic mass is 9.92. The number of carbonyl (C=O) groups is 1. The number of nitrogens with zero attached hydrogens (tertiary/aromatic N) is 2. The Labute approximate surface area is 185 Å². The van der Waals surface area contributed by atoms with Crippen molar-refractivity contribution in [2.24, 2.45) is 5.92 Å². The summed E-state index contributed by atoms with van der Waals surface area (Å²) < 4.78 is 0. The Hall–Kier alpha value is -3.04. The summed E-state index contributed by atoms with van der Waals surface area (Å²) in [5.41, 5.74) is 2.72. The average molecular weight is 420 g/mol. The minimum atomic E-state index is -0.0146. The molecular weight excluding hydrogens is 386 g/mol. The number of likely N-dealkylation sites (tertiary alicyclic amines) is 1. The number of hydrogen-bond donors (Lipinski definition) is 1. The number of anilines is 2. The van der Waals surface area contributed by atoms with E-state index in [1.807, 2.05) is 48.5 Å². The van der Waals surface area contributed by atoms with E-state index in [-0.39, 0.29) is 5.91 Å². The summed E-state index contributed by atoms with van der Waals surface area (Å²) in [5, 5.41) is 3.47. The second-order valence-electron chi connectivity index (χ2n) is 8.17. The number of para-hydroxylation sites is 2. The van der Waals surface area contributed by atoms with Crippen LogP contribution in [0.4, 0.5) is 11.4 Å². The maximum atomic E-state index is 12.1. The summed E-state index contributed by atoms with van der Waals surface area (Å²) in [5.74, 6) is 2.84. The fourth-order valence-corrected chi connectivity index (χ4v) is 4.24. The number of carbonyl (C=O) groups excluding carboxylic acids is 2. The molecule has 0 aliphatic carbocycles. The number of rotatable bonds is 10. The van der Waals surface area contributed by atoms with Crippen molar-refractivity contribution in [1.82, 2.24) is 4.90 Å². The van der Waals surface area contributed by atoms with Crippen LogP contribution < -0.4 is 10.2 Å². The summed E-state index contributed by atoms with van der Waals surface area (Å²) >= 11 is 0. The van der Waals surface area contributed by atoms with Crippen molar-refractivity contribution >= 4 is 23.2 Å². The molecule has 0 saturated carbocycles. The first kappa shape index (κ1) is 22.6. The molecule has 5 nitrogen and oxygen atoms in total. The van der Waals surface area contributed by atoms with Gasteiger partial charge in [-0.15, -0.1) is 0 Å². The zero-order valence-corrected chi connectivity index (χ0v) is 18.4. The summed E-state index contributed by atoms with van der Waals surface area (Å²) in [7, 11) is 0. The molecule has 0 bridgehead atoms. The van der Waals surface area contributed by atoms with Gasteiger partial charge >= 0.3 is 0 Å². The van der Waals surface area contributed by atoms with Crippen molar-refractivity contribution in [3.8, 4) is 0 Å². The van der Waals surface area contributed by atoms with E-state index in [0.717, 1.165) is 44.6 Å². The molecule has 2 aromatic carbocycles. The fourth-order valence-electron chi connectivity index (χ4n) is 4.24. The predicted octanol–water partition coefficient (Wildman–Crippen LogP) is 4.75. The highest BCUT2D eigenvalue weighted by Gasteiger charge is 2.22. The Bertz CT molecular complexity index is 855. The van der Waals surface area contributed by atoms with Gasteiger partial charge in [-0.25, -0.2) is 4.79 Å². The molecule has 0 aromatic heterocycles. The summed E-state index contributed by atoms with van der Waals surface area (Å²) in [6, 6.07) is 19.9. The topological polar surface area (TPSA) is 52.7 Å². The highest BCUT2D eigenvalue weighted by Crippen LogP contribution is 2.25. The van der Waals surface area contributed by atoms with Crippen molar-refractivity contribution < 1.29 is 9.59 Å². The van der Waals surface area contributed by atoms with Crippen molar-refractivity contribution in [2.45, 2.75) is 39.0 Å². The second-order valence-corrected chi connectivity index (χ2v) is 8.17. The van der Waals surface area contributed by atoms with Gasteiger partial charge in [0.1, 0.15) is 11.6 Å². The molecule has 2 aromatic rings. The van der Waals surface area contributed by atoms with Crippen LogP contribution >= 0.6 is 0 Å². The molecule has 0 atom stereocenters. The molecule has 31 heavy (non-hydrogen) atoms. The first-order chi connectivity index (χ1) is 15.2. The van der Waals surface area contributed by atoms with Gasteiger partial charge in [0.2, 0.25) is 5.91 Å². The molecule has 0 radical (unpaired) electrons. The van der Waals surface area contributed by atoms with Gasteiger partial charge in [0, 0.05) is 50.9 Å². The number of amides is 1. The maximum Gasteiger partial charge on any atom is 0.223 e. The van der Waals surface area contributed by atoms with Gasteiger partial charge in [-0.2, -0.15) is 0 Å². The molecule has 164 valence electrons. The van der Waals surface area contributed by atoms with E-state index in [1.54, 1.807) is 11.8 Å². The summed E-state index contributed by atoms with van der Waals surface area (Å²) in [6.07, 6.45) is 5.10. The highest BCUT2D eigenvalue weighted by molar-refractivity contribution is 5.91. The smallest absolute Gasteiger partial charge is 0.223 e. The highest BCUT2D eigenvalue weighted by atomic mass is 16.2. The zero-order valence-electron chi connectivity index (χ0n) is 18.4. The van der Waals surface area contributed by atoms with Gasteiger partial charge in [-0.05, 0) is 55.9 Å². The maximum absolute atomic E-state index is 12.1. The predicted molar refractivity (Wildman–Crippen MR) is 127 cm³/mol. The van der Waals surface area contributed by atoms with Crippen molar-refractivity contribution in [3.63, 3.8) is 0 Å². The van der Waals surface area contributed by atoms with E-state index >= 15 is 0 Å². The lowest BCUT2D eigenvalue weighted by molar-refractivity contribution is -0.116. The van der Waals surface area contributed by atoms with E-state index in [2.05, 4.69) is 28.3 Å². The lowest BCUT2D eigenvalue weighted by Crippen LogP contribution is -2.36. The number of nitrogens with one attached hydrogen (secondary N) is 1. The Morgan fingerprint density at radius 1 is 1.06 bits per heavy atom. The zero-order chi connectivity index (χ0) is 21.9. The van der Waals surface area contributed by atoms with Gasteiger partial charge in [-0.3, -0.25) is 4.79 Å². The molecule has 1 amide bonds. The van der Waals surface area contributed by atoms with Gasteiger partial charge in [-0.1, -0.05) is 36.4 Å². The van der Waals surface area contributed by atoms with Crippen LogP contribution in [0.15, 0.2) is 66.4 Å². The molecule has 1 saturated heterocycles. The Balaban J connectivity index is 1.40. The van der Waals surface area contributed by atoms with Crippen LogP contribution in [0.2, 0.25) is 0 Å². The molecule has 0 spiro atoms. The molecule has 1 aliphatic heterocycles. The Kier molecular flexibility index (Phi) is 8.74. The number of benzene rings is 2. The van der Waals surface area contributed by atoms with Crippen LogP contribution in [0.3, 0.4) is 0 Å². The van der Waals surface area contributed by atoms with E-state index in [9.17, 15) is 9.59 Å². The number of piperidine rings is 1. The third kappa shape index (κ3) is 7.01. The SMILES string of the molecule is CC(=O)N(CCC(=C=O)N1CCC(CCCNc2ccccc2)CC1)c1ccccc1. The summed E-state index contributed by atoms with van der Waals surface area (Å²) in [4.78, 5) is 27.6. The molecule has 1 N–H and O–H groups in total. The van der Waals surface area contributed by atoms with Crippen LogP contribution in [0.5, 0.6) is 0 Å². The van der Waals surface area contributed by atoms with E-state index in [0.29, 0.717) is 24.6 Å². The third-order valence-corrected chi connectivity index (χ3v) is 6.03. The van der Waals surface area contributed by atoms with E-state index in [4.69, 9.17) is 0 Å². The first-order valence-corrected chi connectivity index (χ1v) is 11.3. The second kappa shape index (κ2) is 12.0. The van der Waals surface area contributed by atoms with E-state index < -0.39 is 0 Å². The molecule has 5 heteroatoms. The van der Waals surface area contributed by atoms with Crippen LogP contribution in [-0.2, 0) is 9.59 Å². The van der Waals surface area contributed by atoms with Gasteiger partial charge in [0.15, 0.2) is 0 Å². The van der Waals surface area contributed by atoms with Crippen molar-refractivity contribution in [2.75, 3.05) is 36.4 Å². The standard InChI is InChI=1S/C26H33N3O2/c1-22(31)29(25-12-6-3-7-13-25)20-16-26(21-30)28-18-14-23(15-19-28)9-8-17-27-24-10-4-2-5-11-24/h2-7,10-13,23,27H,8-9,14-20H2,1H3. The molecule has 1 heterocycles. The van der Waals surface area contributed by atoms with Crippen LogP contribution in [-0.4, -0.2) is 42.9 Å². The van der Waals surface area contributed by atoms with Crippen molar-refractivity contribution in [3.05, 3.63) is 66.4 Å². The average Bonchev–Trinajstić information content (AvgIpc) is 2.81. The molecule has 1 aliphatic rings. The van der Waals surface area contributed by atoms with Crippen LogP contribution in [0.1, 0.15) is 39.0 Å². The van der Waals surface area contributed by atoms with E-state index in [1.165, 1.54) is 12.1 Å². The molecule has 3 rings (SSSR count). The first-order valence-electron chi connectivity index (χ1n) is 11.3. The third-order valence-electron chi connectivity index (χ3n) is 6.03. The molecule has 0 unspecified atom stereocenters.